The van der Waals surface area contributed by atoms with Gasteiger partial charge >= 0.3 is 24.8 Å². The fraction of sp³-hybridized carbons (Fsp3) is 0. The van der Waals surface area contributed by atoms with E-state index in [0.29, 0.717) is 5.56 Å². The first-order chi connectivity index (χ1) is 4.30. The first kappa shape index (κ1) is 18.1. The standard InChI is InChI=1S/C7H6O2.ClH.Li.Zn.H/c8-7(9)6-4-2-1-3-5-6;;;;/h1-5H,(H,8,9);1H;;;. The summed E-state index contributed by atoms with van der Waals surface area (Å²) < 4.78 is 0. The van der Waals surface area contributed by atoms with E-state index in [1.54, 1.807) is 30.3 Å². The minimum absolute atomic E-state index is 0. The number of hydrogen-bond acceptors (Lipinski definition) is 1. The van der Waals surface area contributed by atoms with Gasteiger partial charge < -0.3 is 5.11 Å². The third-order valence-corrected chi connectivity index (χ3v) is 1.02. The second kappa shape index (κ2) is 9.29. The quantitative estimate of drug-likeness (QED) is 0.737. The van der Waals surface area contributed by atoms with Crippen LogP contribution in [-0.4, -0.2) is 29.9 Å². The monoisotopic (exact) mass is 230 g/mol. The van der Waals surface area contributed by atoms with Crippen LogP contribution in [-0.2, 0) is 19.5 Å². The molecule has 0 aliphatic heterocycles. The fourth-order valence-electron chi connectivity index (χ4n) is 0.581. The first-order valence-corrected chi connectivity index (χ1v) is 2.59. The van der Waals surface area contributed by atoms with Crippen molar-refractivity contribution in [2.45, 2.75) is 0 Å². The Morgan fingerprint density at radius 1 is 1.17 bits per heavy atom. The van der Waals surface area contributed by atoms with Crippen molar-refractivity contribution in [3.05, 3.63) is 35.9 Å². The van der Waals surface area contributed by atoms with E-state index in [0.717, 1.165) is 0 Å². The molecule has 0 bridgehead atoms. The minimum Gasteiger partial charge on any atom is 0 e. The molecule has 58 valence electrons. The van der Waals surface area contributed by atoms with E-state index in [9.17, 15) is 4.79 Å². The largest absolute Gasteiger partial charge is 0 e. The van der Waals surface area contributed by atoms with Gasteiger partial charge in [0.05, 0.1) is 5.56 Å². The Balaban J connectivity index is -0.000000270. The van der Waals surface area contributed by atoms with E-state index in [1.165, 1.54) is 0 Å². The molecule has 0 heterocycles. The van der Waals surface area contributed by atoms with E-state index >= 15 is 0 Å². The summed E-state index contributed by atoms with van der Waals surface area (Å²) in [5.74, 6) is -0.879. The first-order valence-electron chi connectivity index (χ1n) is 2.59. The number of aromatic carboxylic acids is 1. The van der Waals surface area contributed by atoms with Crippen LogP contribution in [0.5, 0.6) is 0 Å². The Labute approximate surface area is 102 Å². The van der Waals surface area contributed by atoms with Crippen LogP contribution >= 0.6 is 12.4 Å². The summed E-state index contributed by atoms with van der Waals surface area (Å²) in [5, 5.41) is 8.38. The Hall–Kier alpha value is 0.201. The van der Waals surface area contributed by atoms with Gasteiger partial charge in [-0.1, -0.05) is 18.2 Å². The summed E-state index contributed by atoms with van der Waals surface area (Å²) in [6, 6.07) is 8.30. The van der Waals surface area contributed by atoms with Crippen LogP contribution in [0.1, 0.15) is 10.4 Å². The van der Waals surface area contributed by atoms with Crippen LogP contribution in [0, 0.1) is 0 Å². The molecule has 2 nitrogen and oxygen atoms in total. The molecule has 0 aliphatic carbocycles. The van der Waals surface area contributed by atoms with Crippen LogP contribution in [0.25, 0.3) is 0 Å². The molecule has 0 amide bonds. The number of carbonyl (C=O) groups is 1. The van der Waals surface area contributed by atoms with Gasteiger partial charge in [0.15, 0.2) is 0 Å². The van der Waals surface area contributed by atoms with Crippen molar-refractivity contribution in [1.82, 2.24) is 0 Å². The molecule has 1 aromatic carbocycles. The van der Waals surface area contributed by atoms with Crippen molar-refractivity contribution in [3.63, 3.8) is 0 Å². The molecule has 0 spiro atoms. The molecule has 0 aromatic heterocycles. The van der Waals surface area contributed by atoms with E-state index in [4.69, 9.17) is 5.11 Å². The zero-order valence-electron chi connectivity index (χ0n) is 5.86. The van der Waals surface area contributed by atoms with Crippen molar-refractivity contribution in [2.24, 2.45) is 0 Å². The Morgan fingerprint density at radius 2 is 1.58 bits per heavy atom. The maximum atomic E-state index is 10.2. The fourth-order valence-corrected chi connectivity index (χ4v) is 0.581. The van der Waals surface area contributed by atoms with Crippen LogP contribution in [0.3, 0.4) is 0 Å². The molecule has 0 saturated carbocycles. The maximum Gasteiger partial charge on any atom is 0 e. The second-order valence-corrected chi connectivity index (χ2v) is 1.67. The number of benzene rings is 1. The maximum absolute atomic E-state index is 10.2. The molecule has 5 heteroatoms. The van der Waals surface area contributed by atoms with Crippen LogP contribution in [0.4, 0.5) is 0 Å². The van der Waals surface area contributed by atoms with Gasteiger partial charge in [-0.05, 0) is 12.1 Å². The van der Waals surface area contributed by atoms with Crippen molar-refractivity contribution in [3.8, 4) is 0 Å². The van der Waals surface area contributed by atoms with Crippen LogP contribution in [0.2, 0.25) is 0 Å². The third kappa shape index (κ3) is 5.80. The summed E-state index contributed by atoms with van der Waals surface area (Å²) in [5.41, 5.74) is 0.331. The minimum atomic E-state index is -0.879. The van der Waals surface area contributed by atoms with Crippen LogP contribution in [0.15, 0.2) is 30.3 Å². The summed E-state index contributed by atoms with van der Waals surface area (Å²) in [6.07, 6.45) is 0. The molecule has 12 heavy (non-hydrogen) atoms. The van der Waals surface area contributed by atoms with Gasteiger partial charge in [-0.2, -0.15) is 0 Å². The van der Waals surface area contributed by atoms with Crippen LogP contribution < -0.4 is 0 Å². The average molecular weight is 232 g/mol. The molecule has 0 radical (unpaired) electrons. The van der Waals surface area contributed by atoms with Gasteiger partial charge in [-0.15, -0.1) is 12.4 Å². The van der Waals surface area contributed by atoms with E-state index in [2.05, 4.69) is 0 Å². The zero-order chi connectivity index (χ0) is 6.69. The summed E-state index contributed by atoms with van der Waals surface area (Å²) in [6.45, 7) is 0. The number of carboxylic acids is 1. The summed E-state index contributed by atoms with van der Waals surface area (Å²) >= 11 is 0. The Morgan fingerprint density at radius 3 is 1.83 bits per heavy atom. The number of rotatable bonds is 1. The Bertz CT molecular complexity index is 218. The molecule has 0 atom stereocenters. The summed E-state index contributed by atoms with van der Waals surface area (Å²) in [4.78, 5) is 10.2. The van der Waals surface area contributed by atoms with Gasteiger partial charge in [0.2, 0.25) is 0 Å². The van der Waals surface area contributed by atoms with E-state index in [1.807, 2.05) is 0 Å². The van der Waals surface area contributed by atoms with Crippen molar-refractivity contribution in [1.29, 1.82) is 0 Å². The molecule has 1 aromatic rings. The molecule has 0 saturated heterocycles. The number of hydrogen-bond donors (Lipinski definition) is 1. The molecular formula is C7H8ClLiO2Zn. The van der Waals surface area contributed by atoms with E-state index < -0.39 is 5.97 Å². The SMILES string of the molecule is Cl.O=C(O)c1ccccc1.[LiH].[Zn]. The van der Waals surface area contributed by atoms with Crippen molar-refractivity contribution >= 4 is 37.2 Å². The van der Waals surface area contributed by atoms with Gasteiger partial charge in [-0.25, -0.2) is 4.79 Å². The predicted molar refractivity (Wildman–Crippen MR) is 47.8 cm³/mol. The van der Waals surface area contributed by atoms with Gasteiger partial charge in [0, 0.05) is 19.5 Å². The van der Waals surface area contributed by atoms with Gasteiger partial charge in [-0.3, -0.25) is 0 Å². The smallest absolute Gasteiger partial charge is 0 e. The second-order valence-electron chi connectivity index (χ2n) is 1.67. The molecule has 1 rings (SSSR count). The number of carboxylic acid groups (broad SMARTS) is 1. The molecular weight excluding hydrogens is 224 g/mol. The van der Waals surface area contributed by atoms with Crippen molar-refractivity contribution < 1.29 is 29.4 Å². The average Bonchev–Trinajstić information content (AvgIpc) is 1.90. The van der Waals surface area contributed by atoms with Crippen molar-refractivity contribution in [2.75, 3.05) is 0 Å². The third-order valence-electron chi connectivity index (χ3n) is 1.02. The molecule has 0 fully saturated rings. The van der Waals surface area contributed by atoms with Gasteiger partial charge in [0.25, 0.3) is 0 Å². The topological polar surface area (TPSA) is 37.3 Å². The summed E-state index contributed by atoms with van der Waals surface area (Å²) in [7, 11) is 0. The number of halogens is 1. The molecule has 0 unspecified atom stereocenters. The van der Waals surface area contributed by atoms with Gasteiger partial charge in [0.1, 0.15) is 0 Å². The Kier molecular flexibility index (Phi) is 14.0. The van der Waals surface area contributed by atoms with E-state index in [-0.39, 0.29) is 50.7 Å². The normalized spacial score (nSPS) is 6.67. The predicted octanol–water partition coefficient (Wildman–Crippen LogP) is 1.16. The zero-order valence-corrected chi connectivity index (χ0v) is 9.64. The molecule has 0 aliphatic rings. The molecule has 1 N–H and O–H groups in total.